The van der Waals surface area contributed by atoms with E-state index in [9.17, 15) is 9.59 Å². The van der Waals surface area contributed by atoms with Crippen molar-refractivity contribution in [2.24, 2.45) is 5.92 Å². The molecule has 1 rings (SSSR count). The summed E-state index contributed by atoms with van der Waals surface area (Å²) in [5.74, 6) is -0.299. The van der Waals surface area contributed by atoms with Crippen LogP contribution in [-0.2, 0) is 19.1 Å². The van der Waals surface area contributed by atoms with E-state index < -0.39 is 18.1 Å². The van der Waals surface area contributed by atoms with Gasteiger partial charge in [0, 0.05) is 6.61 Å². The third-order valence-corrected chi connectivity index (χ3v) is 2.73. The van der Waals surface area contributed by atoms with Crippen molar-refractivity contribution in [2.45, 2.75) is 45.3 Å². The maximum Gasteiger partial charge on any atom is 0.328 e. The topological polar surface area (TPSA) is 64.6 Å². The van der Waals surface area contributed by atoms with Crippen LogP contribution in [0.4, 0.5) is 0 Å². The van der Waals surface area contributed by atoms with E-state index in [0.29, 0.717) is 18.9 Å². The SMILES string of the molecule is COC(=O)[C@@H](CC(C)C)NC(=O)[C@H]1CCCO1. The lowest BCUT2D eigenvalue weighted by molar-refractivity contribution is -0.146. The Morgan fingerprint density at radius 2 is 2.18 bits per heavy atom. The van der Waals surface area contributed by atoms with Crippen molar-refractivity contribution >= 4 is 11.9 Å². The number of esters is 1. The zero-order valence-electron chi connectivity index (χ0n) is 10.7. The van der Waals surface area contributed by atoms with Crippen molar-refractivity contribution in [2.75, 3.05) is 13.7 Å². The highest BCUT2D eigenvalue weighted by Crippen LogP contribution is 2.13. The van der Waals surface area contributed by atoms with Gasteiger partial charge in [0.2, 0.25) is 5.91 Å². The van der Waals surface area contributed by atoms with Crippen LogP contribution < -0.4 is 5.32 Å². The van der Waals surface area contributed by atoms with E-state index in [2.05, 4.69) is 10.1 Å². The largest absolute Gasteiger partial charge is 0.467 e. The molecule has 0 spiro atoms. The number of hydrogen-bond donors (Lipinski definition) is 1. The van der Waals surface area contributed by atoms with Crippen LogP contribution in [0.15, 0.2) is 0 Å². The molecule has 0 aromatic heterocycles. The van der Waals surface area contributed by atoms with Crippen LogP contribution in [0.2, 0.25) is 0 Å². The number of amides is 1. The summed E-state index contributed by atoms with van der Waals surface area (Å²) in [6, 6.07) is -0.573. The highest BCUT2D eigenvalue weighted by molar-refractivity contribution is 5.87. The molecule has 1 N–H and O–H groups in total. The predicted molar refractivity (Wildman–Crippen MR) is 62.4 cm³/mol. The Morgan fingerprint density at radius 3 is 2.65 bits per heavy atom. The Balaban J connectivity index is 2.52. The maximum atomic E-state index is 11.8. The van der Waals surface area contributed by atoms with Gasteiger partial charge in [-0.1, -0.05) is 13.8 Å². The van der Waals surface area contributed by atoms with Gasteiger partial charge in [0.1, 0.15) is 12.1 Å². The molecule has 0 saturated carbocycles. The average Bonchev–Trinajstić information content (AvgIpc) is 2.79. The van der Waals surface area contributed by atoms with Crippen LogP contribution in [0.1, 0.15) is 33.1 Å². The summed E-state index contributed by atoms with van der Waals surface area (Å²) in [5, 5.41) is 2.70. The second-order valence-electron chi connectivity index (χ2n) is 4.72. The normalized spacial score (nSPS) is 21.3. The Hall–Kier alpha value is -1.10. The molecule has 17 heavy (non-hydrogen) atoms. The lowest BCUT2D eigenvalue weighted by Gasteiger charge is -2.20. The van der Waals surface area contributed by atoms with Crippen molar-refractivity contribution in [1.82, 2.24) is 5.32 Å². The van der Waals surface area contributed by atoms with Crippen LogP contribution in [0, 0.1) is 5.92 Å². The summed E-state index contributed by atoms with van der Waals surface area (Å²) in [4.78, 5) is 23.3. The molecular formula is C12H21NO4. The number of methoxy groups -OCH3 is 1. The Bertz CT molecular complexity index is 272. The fourth-order valence-electron chi connectivity index (χ4n) is 1.88. The minimum absolute atomic E-state index is 0.210. The van der Waals surface area contributed by atoms with E-state index in [4.69, 9.17) is 4.74 Å². The first-order valence-corrected chi connectivity index (χ1v) is 6.04. The van der Waals surface area contributed by atoms with Gasteiger partial charge in [-0.05, 0) is 25.2 Å². The molecule has 2 atom stereocenters. The molecule has 98 valence electrons. The van der Waals surface area contributed by atoms with E-state index >= 15 is 0 Å². The Kier molecular flexibility index (Phi) is 5.41. The zero-order valence-corrected chi connectivity index (χ0v) is 10.7. The standard InChI is InChI=1S/C12H21NO4/c1-8(2)7-9(12(15)16-3)13-11(14)10-5-4-6-17-10/h8-10H,4-7H2,1-3H3,(H,13,14)/t9-,10-/m1/s1. The summed E-state index contributed by atoms with van der Waals surface area (Å²) in [7, 11) is 1.33. The van der Waals surface area contributed by atoms with Crippen LogP contribution in [0.3, 0.4) is 0 Å². The number of carbonyl (C=O) groups excluding carboxylic acids is 2. The number of rotatable bonds is 5. The molecule has 5 heteroatoms. The number of ether oxygens (including phenoxy) is 2. The lowest BCUT2D eigenvalue weighted by Crippen LogP contribution is -2.46. The van der Waals surface area contributed by atoms with E-state index in [1.165, 1.54) is 7.11 Å². The first-order valence-electron chi connectivity index (χ1n) is 6.04. The smallest absolute Gasteiger partial charge is 0.328 e. The third kappa shape index (κ3) is 4.34. The molecule has 0 bridgehead atoms. The van der Waals surface area contributed by atoms with Crippen LogP contribution >= 0.6 is 0 Å². The highest BCUT2D eigenvalue weighted by atomic mass is 16.5. The van der Waals surface area contributed by atoms with Crippen molar-refractivity contribution in [3.8, 4) is 0 Å². The van der Waals surface area contributed by atoms with Crippen LogP contribution in [0.25, 0.3) is 0 Å². The van der Waals surface area contributed by atoms with Gasteiger partial charge < -0.3 is 14.8 Å². The van der Waals surface area contributed by atoms with Gasteiger partial charge in [-0.2, -0.15) is 0 Å². The minimum Gasteiger partial charge on any atom is -0.467 e. The fraction of sp³-hybridized carbons (Fsp3) is 0.833. The zero-order chi connectivity index (χ0) is 12.8. The molecular weight excluding hydrogens is 222 g/mol. The highest BCUT2D eigenvalue weighted by Gasteiger charge is 2.29. The first kappa shape index (κ1) is 14.0. The quantitative estimate of drug-likeness (QED) is 0.728. The summed E-state index contributed by atoms with van der Waals surface area (Å²) >= 11 is 0. The Morgan fingerprint density at radius 1 is 1.47 bits per heavy atom. The van der Waals surface area contributed by atoms with Gasteiger partial charge in [-0.15, -0.1) is 0 Å². The molecule has 0 radical (unpaired) electrons. The van der Waals surface area contributed by atoms with Gasteiger partial charge in [0.25, 0.3) is 0 Å². The molecule has 0 aromatic carbocycles. The molecule has 1 saturated heterocycles. The third-order valence-electron chi connectivity index (χ3n) is 2.73. The summed E-state index contributed by atoms with van der Waals surface area (Å²) in [6.07, 6.45) is 1.78. The lowest BCUT2D eigenvalue weighted by atomic mass is 10.0. The van der Waals surface area contributed by atoms with Crippen molar-refractivity contribution < 1.29 is 19.1 Å². The number of hydrogen-bond acceptors (Lipinski definition) is 4. The van der Waals surface area contributed by atoms with E-state index in [1.807, 2.05) is 13.8 Å². The molecule has 1 amide bonds. The van der Waals surface area contributed by atoms with Gasteiger partial charge in [0.05, 0.1) is 7.11 Å². The van der Waals surface area contributed by atoms with Crippen molar-refractivity contribution in [3.63, 3.8) is 0 Å². The minimum atomic E-state index is -0.573. The monoisotopic (exact) mass is 243 g/mol. The van der Waals surface area contributed by atoms with Gasteiger partial charge in [-0.3, -0.25) is 4.79 Å². The average molecular weight is 243 g/mol. The van der Waals surface area contributed by atoms with E-state index in [0.717, 1.165) is 12.8 Å². The molecule has 0 aliphatic carbocycles. The van der Waals surface area contributed by atoms with Gasteiger partial charge >= 0.3 is 5.97 Å². The second kappa shape index (κ2) is 6.59. The van der Waals surface area contributed by atoms with Crippen molar-refractivity contribution in [1.29, 1.82) is 0 Å². The molecule has 0 unspecified atom stereocenters. The van der Waals surface area contributed by atoms with Crippen molar-refractivity contribution in [3.05, 3.63) is 0 Å². The van der Waals surface area contributed by atoms with Crippen LogP contribution in [-0.4, -0.2) is 37.7 Å². The molecule has 5 nitrogen and oxygen atoms in total. The maximum absolute atomic E-state index is 11.8. The fourth-order valence-corrected chi connectivity index (χ4v) is 1.88. The molecule has 1 heterocycles. The molecule has 1 fully saturated rings. The summed E-state index contributed by atoms with van der Waals surface area (Å²) in [6.45, 7) is 4.60. The van der Waals surface area contributed by atoms with Crippen LogP contribution in [0.5, 0.6) is 0 Å². The first-order chi connectivity index (χ1) is 8.04. The number of carbonyl (C=O) groups is 2. The van der Waals surface area contributed by atoms with Gasteiger partial charge in [0.15, 0.2) is 0 Å². The van der Waals surface area contributed by atoms with E-state index in [-0.39, 0.29) is 5.91 Å². The number of nitrogens with one attached hydrogen (secondary N) is 1. The summed E-state index contributed by atoms with van der Waals surface area (Å²) in [5.41, 5.74) is 0. The predicted octanol–water partition coefficient (Wildman–Crippen LogP) is 0.869. The summed E-state index contributed by atoms with van der Waals surface area (Å²) < 4.78 is 9.95. The molecule has 0 aromatic rings. The Labute approximate surface area is 102 Å². The van der Waals surface area contributed by atoms with E-state index in [1.54, 1.807) is 0 Å². The molecule has 1 aliphatic rings. The molecule has 1 aliphatic heterocycles. The van der Waals surface area contributed by atoms with Gasteiger partial charge in [-0.25, -0.2) is 4.79 Å². The second-order valence-corrected chi connectivity index (χ2v) is 4.72.